The van der Waals surface area contributed by atoms with Gasteiger partial charge in [-0.15, -0.1) is 0 Å². The fourth-order valence-corrected chi connectivity index (χ4v) is 4.55. The van der Waals surface area contributed by atoms with Gasteiger partial charge in [-0.2, -0.15) is 11.8 Å². The second-order valence-corrected chi connectivity index (χ2v) is 7.21. The molecule has 2 N–H and O–H groups in total. The first kappa shape index (κ1) is 17.0. The van der Waals surface area contributed by atoms with E-state index < -0.39 is 29.4 Å². The van der Waals surface area contributed by atoms with Gasteiger partial charge in [0.25, 0.3) is 0 Å². The number of fused-ring (bicyclic) bond motifs is 1. The summed E-state index contributed by atoms with van der Waals surface area (Å²) in [5.74, 6) is -1.11. The van der Waals surface area contributed by atoms with Gasteiger partial charge in [0, 0.05) is 13.5 Å². The Labute approximate surface area is 144 Å². The van der Waals surface area contributed by atoms with E-state index in [2.05, 4.69) is 0 Å². The Bertz CT molecular complexity index is 661. The summed E-state index contributed by atoms with van der Waals surface area (Å²) in [6.45, 7) is 0. The molecule has 0 bridgehead atoms. The maximum atomic E-state index is 12.8. The van der Waals surface area contributed by atoms with Gasteiger partial charge in [-0.05, 0) is 24.1 Å². The third kappa shape index (κ3) is 2.28. The summed E-state index contributed by atoms with van der Waals surface area (Å²) in [5.41, 5.74) is -1.10. The maximum Gasteiger partial charge on any atom is 0.368 e. The zero-order valence-electron chi connectivity index (χ0n) is 13.9. The molecule has 2 fully saturated rings. The lowest BCUT2D eigenvalue weighted by atomic mass is 9.78. The van der Waals surface area contributed by atoms with Gasteiger partial charge >= 0.3 is 5.97 Å². The molecule has 2 aliphatic heterocycles. The van der Waals surface area contributed by atoms with Gasteiger partial charge in [0.1, 0.15) is 11.8 Å². The number of esters is 1. The molecule has 1 aromatic rings. The number of thioether (sulfide) groups is 1. The van der Waals surface area contributed by atoms with Crippen LogP contribution in [-0.2, 0) is 19.1 Å². The molecule has 0 saturated carbocycles. The highest BCUT2D eigenvalue weighted by Crippen LogP contribution is 2.45. The number of quaternary nitrogens is 1. The van der Waals surface area contributed by atoms with Crippen LogP contribution in [0.1, 0.15) is 18.2 Å². The predicted molar refractivity (Wildman–Crippen MR) is 85.9 cm³/mol. The van der Waals surface area contributed by atoms with Crippen molar-refractivity contribution in [2.24, 2.45) is 11.8 Å². The van der Waals surface area contributed by atoms with Crippen molar-refractivity contribution in [3.8, 4) is 0 Å². The van der Waals surface area contributed by atoms with Gasteiger partial charge in [-0.3, -0.25) is 14.5 Å². The first-order valence-corrected chi connectivity index (χ1v) is 9.15. The Hall–Kier alpha value is -1.80. The predicted octanol–water partition coefficient (Wildman–Crippen LogP) is -0.206. The van der Waals surface area contributed by atoms with E-state index in [-0.39, 0.29) is 11.8 Å². The standard InChI is InChI=1S/C16H20N2O5S/c1-18-13(19)10-11(14(18)20)16(6-8-24-3,15(21)22-2)17-12(10)9-5-4-7-23-9/h4-5,7,10-12,17H,6,8H2,1-3H3/p+1/t10-,11+,12+,16-/m1/s1. The van der Waals surface area contributed by atoms with Crippen molar-refractivity contribution in [3.63, 3.8) is 0 Å². The SMILES string of the molecule is COC(=O)[C@]1(CCSC)[NH2+][C@@H](c2ccco2)[C@@H]2C(=O)N(C)C(=O)[C@H]21. The fraction of sp³-hybridized carbons (Fsp3) is 0.562. The number of likely N-dealkylation sites (tertiary alicyclic amines) is 1. The van der Waals surface area contributed by atoms with Crippen LogP contribution in [0.15, 0.2) is 22.8 Å². The zero-order chi connectivity index (χ0) is 17.5. The summed E-state index contributed by atoms with van der Waals surface area (Å²) in [7, 11) is 2.79. The minimum Gasteiger partial charge on any atom is -0.464 e. The van der Waals surface area contributed by atoms with Crippen LogP contribution in [0.2, 0.25) is 0 Å². The molecule has 2 saturated heterocycles. The zero-order valence-corrected chi connectivity index (χ0v) is 14.7. The molecule has 8 heteroatoms. The van der Waals surface area contributed by atoms with Crippen molar-refractivity contribution in [2.75, 3.05) is 26.2 Å². The molecule has 1 aromatic heterocycles. The van der Waals surface area contributed by atoms with Gasteiger partial charge in [0.05, 0.1) is 13.4 Å². The van der Waals surface area contributed by atoms with Crippen LogP contribution in [0.4, 0.5) is 0 Å². The highest BCUT2D eigenvalue weighted by Gasteiger charge is 2.72. The number of carbonyl (C=O) groups is 3. The number of amides is 2. The third-order valence-corrected chi connectivity index (χ3v) is 5.76. The Balaban J connectivity index is 2.10. The first-order valence-electron chi connectivity index (χ1n) is 7.76. The van der Waals surface area contributed by atoms with E-state index in [9.17, 15) is 14.4 Å². The Morgan fingerprint density at radius 2 is 2.21 bits per heavy atom. The van der Waals surface area contributed by atoms with Gasteiger partial charge in [0.15, 0.2) is 11.8 Å². The highest BCUT2D eigenvalue weighted by molar-refractivity contribution is 7.98. The molecular weight excluding hydrogens is 332 g/mol. The number of hydrogen-bond acceptors (Lipinski definition) is 6. The monoisotopic (exact) mass is 353 g/mol. The molecule has 2 amide bonds. The summed E-state index contributed by atoms with van der Waals surface area (Å²) >= 11 is 1.59. The number of carbonyl (C=O) groups excluding carboxylic acids is 3. The molecule has 0 spiro atoms. The van der Waals surface area contributed by atoms with Crippen LogP contribution < -0.4 is 5.32 Å². The first-order chi connectivity index (χ1) is 11.5. The van der Waals surface area contributed by atoms with Crippen molar-refractivity contribution in [1.82, 2.24) is 4.90 Å². The second kappa shape index (κ2) is 6.25. The Morgan fingerprint density at radius 1 is 1.46 bits per heavy atom. The lowest BCUT2D eigenvalue weighted by Gasteiger charge is -2.28. The summed E-state index contributed by atoms with van der Waals surface area (Å²) in [6.07, 6.45) is 3.92. The van der Waals surface area contributed by atoms with Crippen molar-refractivity contribution < 1.29 is 28.9 Å². The minimum atomic E-state index is -1.10. The van der Waals surface area contributed by atoms with E-state index >= 15 is 0 Å². The number of nitrogens with zero attached hydrogens (tertiary/aromatic N) is 1. The molecule has 7 nitrogen and oxygen atoms in total. The van der Waals surface area contributed by atoms with E-state index in [4.69, 9.17) is 9.15 Å². The summed E-state index contributed by atoms with van der Waals surface area (Å²) < 4.78 is 10.5. The number of rotatable bonds is 5. The number of methoxy groups -OCH3 is 1. The Kier molecular flexibility index (Phi) is 4.44. The number of nitrogens with two attached hydrogens (primary N) is 1. The molecule has 24 heavy (non-hydrogen) atoms. The molecule has 0 aromatic carbocycles. The summed E-state index contributed by atoms with van der Waals surface area (Å²) in [4.78, 5) is 39.2. The molecule has 2 aliphatic rings. The number of imide groups is 1. The topological polar surface area (TPSA) is 93.4 Å². The molecule has 130 valence electrons. The molecule has 0 aliphatic carbocycles. The van der Waals surface area contributed by atoms with Crippen molar-refractivity contribution in [2.45, 2.75) is 18.0 Å². The van der Waals surface area contributed by atoms with Crippen molar-refractivity contribution in [1.29, 1.82) is 0 Å². The van der Waals surface area contributed by atoms with Gasteiger partial charge in [-0.25, -0.2) is 4.79 Å². The molecular formula is C16H21N2O5S+. The minimum absolute atomic E-state index is 0.266. The maximum absolute atomic E-state index is 12.8. The van der Waals surface area contributed by atoms with E-state index in [1.54, 1.807) is 23.9 Å². The van der Waals surface area contributed by atoms with Crippen molar-refractivity contribution >= 4 is 29.5 Å². The lowest BCUT2D eigenvalue weighted by Crippen LogP contribution is -2.98. The van der Waals surface area contributed by atoms with Crippen LogP contribution >= 0.6 is 11.8 Å². The largest absolute Gasteiger partial charge is 0.464 e. The van der Waals surface area contributed by atoms with Crippen LogP contribution in [0.3, 0.4) is 0 Å². The van der Waals surface area contributed by atoms with Gasteiger partial charge in [-0.1, -0.05) is 0 Å². The number of ether oxygens (including phenoxy) is 1. The van der Waals surface area contributed by atoms with E-state index in [1.807, 2.05) is 11.6 Å². The van der Waals surface area contributed by atoms with E-state index in [1.165, 1.54) is 20.4 Å². The van der Waals surface area contributed by atoms with Crippen LogP contribution in [0.5, 0.6) is 0 Å². The molecule has 0 radical (unpaired) electrons. The van der Waals surface area contributed by atoms with Gasteiger partial charge in [0.2, 0.25) is 17.4 Å². The van der Waals surface area contributed by atoms with Crippen molar-refractivity contribution in [3.05, 3.63) is 24.2 Å². The fourth-order valence-electron chi connectivity index (χ4n) is 4.00. The molecule has 4 atom stereocenters. The number of hydrogen-bond donors (Lipinski definition) is 1. The quantitative estimate of drug-likeness (QED) is 0.582. The van der Waals surface area contributed by atoms with E-state index in [0.29, 0.717) is 17.9 Å². The average molecular weight is 353 g/mol. The summed E-state index contributed by atoms with van der Waals surface area (Å²) in [6, 6.07) is 3.10. The van der Waals surface area contributed by atoms with E-state index in [0.717, 1.165) is 4.90 Å². The number of furan rings is 1. The lowest BCUT2D eigenvalue weighted by molar-refractivity contribution is -0.736. The average Bonchev–Trinajstić information content (AvgIpc) is 3.27. The third-order valence-electron chi connectivity index (χ3n) is 5.15. The van der Waals surface area contributed by atoms with Crippen LogP contribution in [-0.4, -0.2) is 54.4 Å². The second-order valence-electron chi connectivity index (χ2n) is 6.22. The Morgan fingerprint density at radius 3 is 2.79 bits per heavy atom. The highest BCUT2D eigenvalue weighted by atomic mass is 32.2. The molecule has 0 unspecified atom stereocenters. The van der Waals surface area contributed by atoms with Crippen LogP contribution in [0, 0.1) is 11.8 Å². The normalized spacial score (nSPS) is 32.3. The molecule has 3 rings (SSSR count). The smallest absolute Gasteiger partial charge is 0.368 e. The molecule has 3 heterocycles. The van der Waals surface area contributed by atoms with Gasteiger partial charge < -0.3 is 14.5 Å². The van der Waals surface area contributed by atoms with Crippen LogP contribution in [0.25, 0.3) is 0 Å². The summed E-state index contributed by atoms with van der Waals surface area (Å²) in [5, 5.41) is 1.81.